The van der Waals surface area contributed by atoms with Gasteiger partial charge in [0.25, 0.3) is 5.91 Å². The van der Waals surface area contributed by atoms with E-state index in [9.17, 15) is 22.8 Å². The predicted molar refractivity (Wildman–Crippen MR) is 118 cm³/mol. The Balaban J connectivity index is 1.41. The molecule has 1 heterocycles. The van der Waals surface area contributed by atoms with Gasteiger partial charge < -0.3 is 14.8 Å². The number of carbonyl (C=O) groups is 2. The second-order valence-electron chi connectivity index (χ2n) is 9.28. The number of rotatable bonds is 6. The van der Waals surface area contributed by atoms with Gasteiger partial charge in [-0.3, -0.25) is 9.59 Å². The molecule has 0 bridgehead atoms. The topological polar surface area (TPSA) is 67.2 Å². The smallest absolute Gasteiger partial charge is 0.339 e. The molecule has 2 unspecified atom stereocenters. The van der Waals surface area contributed by atoms with E-state index in [1.807, 2.05) is 11.5 Å². The summed E-state index contributed by atoms with van der Waals surface area (Å²) < 4.78 is 41.1. The lowest BCUT2D eigenvalue weighted by Crippen LogP contribution is -2.42. The van der Waals surface area contributed by atoms with E-state index in [1.54, 1.807) is 13.4 Å². The molecule has 2 atom stereocenters. The summed E-state index contributed by atoms with van der Waals surface area (Å²) >= 11 is 0. The largest absolute Gasteiger partial charge is 0.416 e. The SMILES string of the molecule is Cc1ncn(CC2CC2)c1NC(=O)C1CCCC(N(C)C(=O)c2cccc(C(F)(F)F)c2)C1. The zero-order valence-corrected chi connectivity index (χ0v) is 18.9. The van der Waals surface area contributed by atoms with E-state index in [4.69, 9.17) is 0 Å². The minimum atomic E-state index is -4.51. The van der Waals surface area contributed by atoms with Crippen molar-refractivity contribution in [2.45, 2.75) is 64.2 Å². The molecule has 2 aliphatic carbocycles. The van der Waals surface area contributed by atoms with Gasteiger partial charge >= 0.3 is 6.18 Å². The summed E-state index contributed by atoms with van der Waals surface area (Å²) in [6, 6.07) is 4.26. The molecule has 2 fully saturated rings. The minimum Gasteiger partial charge on any atom is -0.339 e. The number of nitrogens with zero attached hydrogens (tertiary/aromatic N) is 3. The van der Waals surface area contributed by atoms with Crippen LogP contribution in [0.5, 0.6) is 0 Å². The summed E-state index contributed by atoms with van der Waals surface area (Å²) in [7, 11) is 1.60. The van der Waals surface area contributed by atoms with Gasteiger partial charge in [-0.25, -0.2) is 4.98 Å². The van der Waals surface area contributed by atoms with Crippen molar-refractivity contribution < 1.29 is 22.8 Å². The second kappa shape index (κ2) is 9.19. The lowest BCUT2D eigenvalue weighted by atomic mass is 9.84. The normalized spacial score (nSPS) is 21.0. The number of imidazole rings is 1. The van der Waals surface area contributed by atoms with Crippen LogP contribution >= 0.6 is 0 Å². The lowest BCUT2D eigenvalue weighted by Gasteiger charge is -2.35. The summed E-state index contributed by atoms with van der Waals surface area (Å²) in [6.45, 7) is 2.71. The molecule has 2 aliphatic rings. The lowest BCUT2D eigenvalue weighted by molar-refractivity contribution is -0.137. The van der Waals surface area contributed by atoms with Crippen LogP contribution in [-0.4, -0.2) is 39.4 Å². The Morgan fingerprint density at radius 1 is 1.21 bits per heavy atom. The maximum Gasteiger partial charge on any atom is 0.416 e. The highest BCUT2D eigenvalue weighted by Crippen LogP contribution is 2.34. The summed E-state index contributed by atoms with van der Waals surface area (Å²) in [5.74, 6) is 0.529. The van der Waals surface area contributed by atoms with Gasteiger partial charge in [-0.2, -0.15) is 13.2 Å². The van der Waals surface area contributed by atoms with Crippen LogP contribution in [0.1, 0.15) is 60.1 Å². The Morgan fingerprint density at radius 2 is 1.97 bits per heavy atom. The van der Waals surface area contributed by atoms with E-state index in [1.165, 1.54) is 29.9 Å². The molecule has 1 aromatic heterocycles. The molecule has 2 amide bonds. The number of hydrogen-bond donors (Lipinski definition) is 1. The van der Waals surface area contributed by atoms with Crippen LogP contribution in [0.2, 0.25) is 0 Å². The third-order valence-corrected chi connectivity index (χ3v) is 6.74. The van der Waals surface area contributed by atoms with Crippen molar-refractivity contribution in [1.29, 1.82) is 0 Å². The first-order valence-electron chi connectivity index (χ1n) is 11.4. The van der Waals surface area contributed by atoms with E-state index >= 15 is 0 Å². The van der Waals surface area contributed by atoms with Gasteiger partial charge in [-0.05, 0) is 63.1 Å². The Bertz CT molecular complexity index is 1030. The number of benzene rings is 1. The molecule has 1 N–H and O–H groups in total. The molecule has 0 radical (unpaired) electrons. The fourth-order valence-electron chi connectivity index (χ4n) is 4.53. The molecule has 2 saturated carbocycles. The molecule has 9 heteroatoms. The molecule has 33 heavy (non-hydrogen) atoms. The average Bonchev–Trinajstić information content (AvgIpc) is 3.56. The number of hydrogen-bond acceptors (Lipinski definition) is 3. The third kappa shape index (κ3) is 5.39. The number of alkyl halides is 3. The van der Waals surface area contributed by atoms with Crippen molar-refractivity contribution in [2.24, 2.45) is 11.8 Å². The maximum absolute atomic E-state index is 13.1. The molecular weight excluding hydrogens is 433 g/mol. The quantitative estimate of drug-likeness (QED) is 0.665. The molecule has 1 aromatic carbocycles. The monoisotopic (exact) mass is 462 g/mol. The number of carbonyl (C=O) groups excluding carboxylic acids is 2. The van der Waals surface area contributed by atoms with E-state index < -0.39 is 17.6 Å². The summed E-state index contributed by atoms with van der Waals surface area (Å²) in [4.78, 5) is 31.8. The van der Waals surface area contributed by atoms with Crippen LogP contribution in [0.25, 0.3) is 0 Å². The molecule has 0 spiro atoms. The average molecular weight is 463 g/mol. The first-order valence-corrected chi connectivity index (χ1v) is 11.4. The van der Waals surface area contributed by atoms with E-state index in [0.29, 0.717) is 25.2 Å². The van der Waals surface area contributed by atoms with Crippen LogP contribution in [0.3, 0.4) is 0 Å². The third-order valence-electron chi connectivity index (χ3n) is 6.74. The maximum atomic E-state index is 13.1. The van der Waals surface area contributed by atoms with E-state index in [0.717, 1.165) is 36.6 Å². The fourth-order valence-corrected chi connectivity index (χ4v) is 4.53. The highest BCUT2D eigenvalue weighted by atomic mass is 19.4. The highest BCUT2D eigenvalue weighted by Gasteiger charge is 2.34. The van der Waals surface area contributed by atoms with Gasteiger partial charge in [0.05, 0.1) is 17.6 Å². The zero-order chi connectivity index (χ0) is 23.8. The number of amides is 2. The van der Waals surface area contributed by atoms with Gasteiger partial charge in [0, 0.05) is 31.1 Å². The zero-order valence-electron chi connectivity index (χ0n) is 18.9. The summed E-state index contributed by atoms with van der Waals surface area (Å²) in [5.41, 5.74) is -0.0764. The van der Waals surface area contributed by atoms with Crippen LogP contribution in [0.15, 0.2) is 30.6 Å². The van der Waals surface area contributed by atoms with Crippen LogP contribution in [-0.2, 0) is 17.5 Å². The highest BCUT2D eigenvalue weighted by molar-refractivity contribution is 5.95. The van der Waals surface area contributed by atoms with Crippen LogP contribution < -0.4 is 5.32 Å². The fraction of sp³-hybridized carbons (Fsp3) is 0.542. The Hall–Kier alpha value is -2.84. The van der Waals surface area contributed by atoms with Gasteiger partial charge in [0.1, 0.15) is 5.82 Å². The standard InChI is InChI=1S/C24H29F3N4O2/c1-15-21(31(14-28-15)13-16-9-10-16)29-22(32)17-5-4-8-20(12-17)30(2)23(33)18-6-3-7-19(11-18)24(25,26)27/h3,6-7,11,14,16-17,20H,4-5,8-10,12-13H2,1-2H3,(H,29,32). The number of aromatic nitrogens is 2. The van der Waals surface area contributed by atoms with Gasteiger partial charge in [0.15, 0.2) is 0 Å². The number of aryl methyl sites for hydroxylation is 1. The van der Waals surface area contributed by atoms with Crippen molar-refractivity contribution >= 4 is 17.6 Å². The van der Waals surface area contributed by atoms with Crippen molar-refractivity contribution in [2.75, 3.05) is 12.4 Å². The molecule has 2 aromatic rings. The second-order valence-corrected chi connectivity index (χ2v) is 9.28. The van der Waals surface area contributed by atoms with Crippen molar-refractivity contribution in [3.63, 3.8) is 0 Å². The number of nitrogens with one attached hydrogen (secondary N) is 1. The first-order chi connectivity index (χ1) is 15.6. The minimum absolute atomic E-state index is 0.00139. The van der Waals surface area contributed by atoms with Crippen molar-refractivity contribution in [3.05, 3.63) is 47.4 Å². The number of anilines is 1. The number of halogens is 3. The van der Waals surface area contributed by atoms with E-state index in [-0.39, 0.29) is 23.4 Å². The molecule has 0 saturated heterocycles. The Morgan fingerprint density at radius 3 is 2.67 bits per heavy atom. The summed E-state index contributed by atoms with van der Waals surface area (Å²) in [6.07, 6.45) is 2.31. The van der Waals surface area contributed by atoms with Gasteiger partial charge in [-0.1, -0.05) is 12.5 Å². The van der Waals surface area contributed by atoms with Crippen LogP contribution in [0.4, 0.5) is 19.0 Å². The molecule has 0 aliphatic heterocycles. The molecule has 178 valence electrons. The first kappa shape index (κ1) is 23.3. The summed E-state index contributed by atoms with van der Waals surface area (Å²) in [5, 5.41) is 3.04. The van der Waals surface area contributed by atoms with E-state index in [2.05, 4.69) is 10.3 Å². The molecular formula is C24H29F3N4O2. The van der Waals surface area contributed by atoms with Crippen molar-refractivity contribution in [1.82, 2.24) is 14.5 Å². The van der Waals surface area contributed by atoms with Crippen molar-refractivity contribution in [3.8, 4) is 0 Å². The van der Waals surface area contributed by atoms with Gasteiger partial charge in [-0.15, -0.1) is 0 Å². The molecule has 4 rings (SSSR count). The van der Waals surface area contributed by atoms with Crippen LogP contribution in [0, 0.1) is 18.8 Å². The van der Waals surface area contributed by atoms with Gasteiger partial charge in [0.2, 0.25) is 5.91 Å². The predicted octanol–water partition coefficient (Wildman–Crippen LogP) is 4.89. The molecule has 6 nitrogen and oxygen atoms in total. The Kier molecular flexibility index (Phi) is 6.50. The Labute approximate surface area is 191 Å².